The molecular formula is C17H17FO2S. The summed E-state index contributed by atoms with van der Waals surface area (Å²) in [5.74, 6) is 1.05. The van der Waals surface area contributed by atoms with Crippen molar-refractivity contribution < 1.29 is 14.2 Å². The standard InChI is InChI=1S/C17H17FO2S/c18-13-6-2-7-14(10-13)21-11-16(19)15-8-1-4-12-5-3-9-20-17(12)15/h1-2,4,6-8,10,16,19H,3,5,9,11H2. The van der Waals surface area contributed by atoms with E-state index in [1.165, 1.54) is 23.9 Å². The average molecular weight is 304 g/mol. The molecule has 1 unspecified atom stereocenters. The highest BCUT2D eigenvalue weighted by molar-refractivity contribution is 7.99. The number of hydrogen-bond acceptors (Lipinski definition) is 3. The highest BCUT2D eigenvalue weighted by atomic mass is 32.2. The van der Waals surface area contributed by atoms with Crippen LogP contribution in [0.25, 0.3) is 0 Å². The van der Waals surface area contributed by atoms with Gasteiger partial charge in [0, 0.05) is 16.2 Å². The van der Waals surface area contributed by atoms with E-state index in [-0.39, 0.29) is 5.82 Å². The van der Waals surface area contributed by atoms with Crippen LogP contribution < -0.4 is 4.74 Å². The highest BCUT2D eigenvalue weighted by Gasteiger charge is 2.19. The van der Waals surface area contributed by atoms with Gasteiger partial charge in [-0.1, -0.05) is 24.3 Å². The molecule has 3 rings (SSSR count). The molecular weight excluding hydrogens is 287 g/mol. The summed E-state index contributed by atoms with van der Waals surface area (Å²) >= 11 is 1.44. The van der Waals surface area contributed by atoms with Gasteiger partial charge in [0.05, 0.1) is 12.7 Å². The minimum absolute atomic E-state index is 0.255. The van der Waals surface area contributed by atoms with E-state index in [1.54, 1.807) is 6.07 Å². The van der Waals surface area contributed by atoms with Gasteiger partial charge in [-0.15, -0.1) is 11.8 Å². The summed E-state index contributed by atoms with van der Waals surface area (Å²) in [6.07, 6.45) is 1.39. The molecule has 0 saturated carbocycles. The maximum Gasteiger partial charge on any atom is 0.128 e. The predicted molar refractivity (Wildman–Crippen MR) is 82.3 cm³/mol. The Balaban J connectivity index is 1.72. The predicted octanol–water partition coefficient (Wildman–Crippen LogP) is 3.98. The first-order chi connectivity index (χ1) is 10.2. The molecule has 2 aromatic carbocycles. The summed E-state index contributed by atoms with van der Waals surface area (Å²) < 4.78 is 18.9. The molecule has 0 spiro atoms. The first kappa shape index (κ1) is 14.4. The Bertz CT molecular complexity index is 630. The van der Waals surface area contributed by atoms with Crippen molar-refractivity contribution in [1.29, 1.82) is 0 Å². The minimum atomic E-state index is -0.619. The lowest BCUT2D eigenvalue weighted by molar-refractivity contribution is 0.192. The van der Waals surface area contributed by atoms with Gasteiger partial charge in [-0.25, -0.2) is 4.39 Å². The second-order valence-electron chi connectivity index (χ2n) is 5.07. The number of aliphatic hydroxyl groups excluding tert-OH is 1. The smallest absolute Gasteiger partial charge is 0.128 e. The number of halogens is 1. The third-order valence-electron chi connectivity index (χ3n) is 3.53. The Morgan fingerprint density at radius 3 is 2.95 bits per heavy atom. The molecule has 1 heterocycles. The quantitative estimate of drug-likeness (QED) is 0.867. The van der Waals surface area contributed by atoms with Crippen molar-refractivity contribution in [2.45, 2.75) is 23.8 Å². The highest BCUT2D eigenvalue weighted by Crippen LogP contribution is 2.35. The van der Waals surface area contributed by atoms with Gasteiger partial charge in [0.25, 0.3) is 0 Å². The van der Waals surface area contributed by atoms with Crippen molar-refractivity contribution in [2.75, 3.05) is 12.4 Å². The SMILES string of the molecule is OC(CSc1cccc(F)c1)c1cccc2c1OCCC2. The first-order valence-electron chi connectivity index (χ1n) is 7.05. The number of aliphatic hydroxyl groups is 1. The van der Waals surface area contributed by atoms with Crippen LogP contribution in [0, 0.1) is 5.82 Å². The van der Waals surface area contributed by atoms with Crippen LogP contribution in [-0.4, -0.2) is 17.5 Å². The second-order valence-corrected chi connectivity index (χ2v) is 6.17. The van der Waals surface area contributed by atoms with Gasteiger partial charge in [0.15, 0.2) is 0 Å². The number of fused-ring (bicyclic) bond motifs is 1. The topological polar surface area (TPSA) is 29.5 Å². The summed E-state index contributed by atoms with van der Waals surface area (Å²) in [5.41, 5.74) is 1.99. The normalized spacial score (nSPS) is 15.1. The average Bonchev–Trinajstić information content (AvgIpc) is 2.52. The third-order valence-corrected chi connectivity index (χ3v) is 4.60. The lowest BCUT2D eigenvalue weighted by Gasteiger charge is -2.22. The molecule has 0 bridgehead atoms. The van der Waals surface area contributed by atoms with E-state index >= 15 is 0 Å². The zero-order valence-corrected chi connectivity index (χ0v) is 12.4. The molecule has 4 heteroatoms. The molecule has 1 N–H and O–H groups in total. The van der Waals surface area contributed by atoms with Crippen molar-refractivity contribution in [3.8, 4) is 5.75 Å². The Hall–Kier alpha value is -1.52. The van der Waals surface area contributed by atoms with Gasteiger partial charge in [-0.2, -0.15) is 0 Å². The zero-order valence-electron chi connectivity index (χ0n) is 11.6. The van der Waals surface area contributed by atoms with Gasteiger partial charge in [-0.05, 0) is 36.6 Å². The molecule has 2 aromatic rings. The maximum absolute atomic E-state index is 13.1. The summed E-state index contributed by atoms with van der Waals surface area (Å²) in [5, 5.41) is 10.4. The van der Waals surface area contributed by atoms with Crippen molar-refractivity contribution in [1.82, 2.24) is 0 Å². The van der Waals surface area contributed by atoms with Gasteiger partial charge in [-0.3, -0.25) is 0 Å². The number of benzene rings is 2. The van der Waals surface area contributed by atoms with Crippen molar-refractivity contribution in [3.63, 3.8) is 0 Å². The van der Waals surface area contributed by atoms with Crippen LogP contribution in [0.2, 0.25) is 0 Å². The van der Waals surface area contributed by atoms with Crippen molar-refractivity contribution >= 4 is 11.8 Å². The van der Waals surface area contributed by atoms with Gasteiger partial charge in [0.2, 0.25) is 0 Å². The van der Waals surface area contributed by atoms with E-state index in [0.717, 1.165) is 34.6 Å². The molecule has 0 amide bonds. The Morgan fingerprint density at radius 2 is 2.10 bits per heavy atom. The maximum atomic E-state index is 13.1. The number of hydrogen-bond donors (Lipinski definition) is 1. The van der Waals surface area contributed by atoms with Crippen LogP contribution in [0.4, 0.5) is 4.39 Å². The largest absolute Gasteiger partial charge is 0.493 e. The zero-order chi connectivity index (χ0) is 14.7. The number of ether oxygens (including phenoxy) is 1. The van der Waals surface area contributed by atoms with Gasteiger partial charge < -0.3 is 9.84 Å². The van der Waals surface area contributed by atoms with Crippen molar-refractivity contribution in [2.24, 2.45) is 0 Å². The molecule has 1 aliphatic heterocycles. The summed E-state index contributed by atoms with van der Waals surface area (Å²) in [7, 11) is 0. The fourth-order valence-electron chi connectivity index (χ4n) is 2.50. The number of rotatable bonds is 4. The van der Waals surface area contributed by atoms with Crippen LogP contribution >= 0.6 is 11.8 Å². The minimum Gasteiger partial charge on any atom is -0.493 e. The van der Waals surface area contributed by atoms with E-state index in [9.17, 15) is 9.50 Å². The van der Waals surface area contributed by atoms with Crippen LogP contribution in [0.1, 0.15) is 23.7 Å². The lowest BCUT2D eigenvalue weighted by Crippen LogP contribution is -2.13. The van der Waals surface area contributed by atoms with Crippen LogP contribution in [0.15, 0.2) is 47.4 Å². The Morgan fingerprint density at radius 1 is 1.24 bits per heavy atom. The lowest BCUT2D eigenvalue weighted by atomic mass is 10.00. The summed E-state index contributed by atoms with van der Waals surface area (Å²) in [4.78, 5) is 0.819. The molecule has 110 valence electrons. The number of thioether (sulfide) groups is 1. The molecule has 0 aromatic heterocycles. The van der Waals surface area contributed by atoms with E-state index in [4.69, 9.17) is 4.74 Å². The van der Waals surface area contributed by atoms with Gasteiger partial charge in [0.1, 0.15) is 11.6 Å². The third kappa shape index (κ3) is 3.39. The molecule has 0 saturated heterocycles. The molecule has 0 fully saturated rings. The van der Waals surface area contributed by atoms with E-state index < -0.39 is 6.10 Å². The monoisotopic (exact) mass is 304 g/mol. The molecule has 0 radical (unpaired) electrons. The Kier molecular flexibility index (Phi) is 4.46. The number of aryl methyl sites for hydroxylation is 1. The van der Waals surface area contributed by atoms with Crippen LogP contribution in [0.5, 0.6) is 5.75 Å². The van der Waals surface area contributed by atoms with Crippen LogP contribution in [-0.2, 0) is 6.42 Å². The Labute approximate surface area is 128 Å². The van der Waals surface area contributed by atoms with E-state index in [0.29, 0.717) is 12.4 Å². The summed E-state index contributed by atoms with van der Waals surface area (Å²) in [6, 6.07) is 12.3. The molecule has 2 nitrogen and oxygen atoms in total. The van der Waals surface area contributed by atoms with E-state index in [2.05, 4.69) is 0 Å². The molecule has 0 aliphatic carbocycles. The fraction of sp³-hybridized carbons (Fsp3) is 0.294. The second kappa shape index (κ2) is 6.50. The van der Waals surface area contributed by atoms with Crippen molar-refractivity contribution in [3.05, 3.63) is 59.4 Å². The number of para-hydroxylation sites is 1. The molecule has 1 atom stereocenters. The van der Waals surface area contributed by atoms with Gasteiger partial charge >= 0.3 is 0 Å². The first-order valence-corrected chi connectivity index (χ1v) is 8.03. The van der Waals surface area contributed by atoms with Crippen LogP contribution in [0.3, 0.4) is 0 Å². The molecule has 1 aliphatic rings. The summed E-state index contributed by atoms with van der Waals surface area (Å²) in [6.45, 7) is 0.702. The molecule has 21 heavy (non-hydrogen) atoms. The fourth-order valence-corrected chi connectivity index (χ4v) is 3.40. The van der Waals surface area contributed by atoms with E-state index in [1.807, 2.05) is 24.3 Å².